The monoisotopic (exact) mass is 752 g/mol. The van der Waals surface area contributed by atoms with Crippen LogP contribution in [0.15, 0.2) is 125 Å². The molecule has 0 spiro atoms. The van der Waals surface area contributed by atoms with E-state index in [-0.39, 0.29) is 6.04 Å². The summed E-state index contributed by atoms with van der Waals surface area (Å²) in [6, 6.07) is 28.9. The standard InChI is InChI=1S/C16H14N2O2S.C15H10N2S.C11H12N2O2/c19-16(20)13-7-11-10-3-1-2-4-12(10)17-15(11)14(18-13)9-5-6-21-8-9;1-2-4-13-11(3-1)12-5-7-16-14(15(12)17-13)10-6-8-18-9-10;12-9(11(14)15)5-7-6-13-10-4-2-1-3-8(7)10/h1-6,8,13-14,17-18H,7H2,(H,19,20);1-9,17H;1-4,6,9,13H,5,12H2,(H,14,15). The van der Waals surface area contributed by atoms with E-state index < -0.39 is 24.0 Å². The van der Waals surface area contributed by atoms with E-state index in [0.29, 0.717) is 12.8 Å². The van der Waals surface area contributed by atoms with Crippen LogP contribution in [0.5, 0.6) is 0 Å². The molecule has 54 heavy (non-hydrogen) atoms. The van der Waals surface area contributed by atoms with Crippen LogP contribution < -0.4 is 11.1 Å². The number of carbonyl (C=O) groups is 2. The number of H-pyrrole nitrogens is 3. The van der Waals surface area contributed by atoms with Gasteiger partial charge in [0, 0.05) is 80.0 Å². The van der Waals surface area contributed by atoms with Crippen LogP contribution in [-0.2, 0) is 22.4 Å². The number of aliphatic carboxylic acids is 2. The van der Waals surface area contributed by atoms with Crippen molar-refractivity contribution in [2.24, 2.45) is 5.73 Å². The van der Waals surface area contributed by atoms with Crippen LogP contribution in [0.25, 0.3) is 54.9 Å². The third-order valence-corrected chi connectivity index (χ3v) is 11.1. The number of benzene rings is 3. The highest BCUT2D eigenvalue weighted by atomic mass is 32.1. The number of aromatic nitrogens is 4. The lowest BCUT2D eigenvalue weighted by Crippen LogP contribution is -2.44. The molecule has 0 saturated heterocycles. The number of nitrogens with zero attached hydrogens (tertiary/aromatic N) is 1. The Morgan fingerprint density at radius 2 is 1.48 bits per heavy atom. The molecule has 270 valence electrons. The van der Waals surface area contributed by atoms with Crippen LogP contribution in [0.3, 0.4) is 0 Å². The molecule has 7 heterocycles. The van der Waals surface area contributed by atoms with Crippen LogP contribution >= 0.6 is 22.7 Å². The molecule has 1 aliphatic heterocycles. The van der Waals surface area contributed by atoms with Crippen molar-refractivity contribution in [1.29, 1.82) is 0 Å². The predicted molar refractivity (Wildman–Crippen MR) is 217 cm³/mol. The van der Waals surface area contributed by atoms with Crippen molar-refractivity contribution in [2.75, 3.05) is 0 Å². The first-order valence-electron chi connectivity index (χ1n) is 17.4. The number of para-hydroxylation sites is 3. The van der Waals surface area contributed by atoms with Crippen LogP contribution in [0.2, 0.25) is 0 Å². The summed E-state index contributed by atoms with van der Waals surface area (Å²) in [5, 5.41) is 34.3. The van der Waals surface area contributed by atoms with E-state index in [4.69, 9.17) is 10.8 Å². The van der Waals surface area contributed by atoms with Crippen molar-refractivity contribution in [2.45, 2.75) is 31.0 Å². The molecule has 0 saturated carbocycles. The van der Waals surface area contributed by atoms with Gasteiger partial charge in [-0.3, -0.25) is 19.9 Å². The maximum atomic E-state index is 11.5. The van der Waals surface area contributed by atoms with Gasteiger partial charge in [-0.25, -0.2) is 0 Å². The second-order valence-corrected chi connectivity index (χ2v) is 14.6. The molecule has 3 atom stereocenters. The minimum Gasteiger partial charge on any atom is -0.480 e. The van der Waals surface area contributed by atoms with Crippen LogP contribution in [0, 0.1) is 0 Å². The van der Waals surface area contributed by atoms with E-state index in [0.717, 1.165) is 60.9 Å². The molecule has 9 aromatic rings. The summed E-state index contributed by atoms with van der Waals surface area (Å²) in [7, 11) is 0. The van der Waals surface area contributed by atoms with Gasteiger partial charge in [0.1, 0.15) is 12.1 Å². The molecule has 12 heteroatoms. The second kappa shape index (κ2) is 15.1. The fraction of sp³-hybridized carbons (Fsp3) is 0.119. The third kappa shape index (κ3) is 6.91. The lowest BCUT2D eigenvalue weighted by atomic mass is 9.91. The van der Waals surface area contributed by atoms with Crippen LogP contribution in [0.4, 0.5) is 0 Å². The van der Waals surface area contributed by atoms with Gasteiger partial charge < -0.3 is 30.9 Å². The van der Waals surface area contributed by atoms with Crippen molar-refractivity contribution in [3.05, 3.63) is 147 Å². The van der Waals surface area contributed by atoms with Gasteiger partial charge in [0.25, 0.3) is 0 Å². The van der Waals surface area contributed by atoms with Crippen molar-refractivity contribution >= 4 is 78.2 Å². The SMILES string of the molecule is NC(Cc1c[nH]c2ccccc12)C(=O)O.O=C(O)C1Cc2c([nH]c3ccccc23)C(c2ccsc2)N1.c1ccc2c(c1)[nH]c1c(-c3ccsc3)nccc12. The fourth-order valence-electron chi connectivity index (χ4n) is 7.11. The van der Waals surface area contributed by atoms with Gasteiger partial charge in [-0.05, 0) is 69.2 Å². The number of nitrogens with two attached hydrogens (primary N) is 1. The molecule has 3 unspecified atom stereocenters. The van der Waals surface area contributed by atoms with Crippen molar-refractivity contribution < 1.29 is 19.8 Å². The minimum absolute atomic E-state index is 0.0894. The summed E-state index contributed by atoms with van der Waals surface area (Å²) in [5.74, 6) is -1.77. The van der Waals surface area contributed by atoms with Crippen LogP contribution in [0.1, 0.15) is 28.4 Å². The normalized spacial score (nSPS) is 15.6. The minimum atomic E-state index is -0.972. The quantitative estimate of drug-likeness (QED) is 0.0892. The Bertz CT molecular complexity index is 2710. The predicted octanol–water partition coefficient (Wildman–Crippen LogP) is 8.48. The lowest BCUT2D eigenvalue weighted by molar-refractivity contribution is -0.140. The molecule has 6 aromatic heterocycles. The number of hydrogen-bond acceptors (Lipinski definition) is 7. The van der Waals surface area contributed by atoms with E-state index in [9.17, 15) is 14.7 Å². The Kier molecular flexibility index (Phi) is 9.81. The highest BCUT2D eigenvalue weighted by molar-refractivity contribution is 7.08. The summed E-state index contributed by atoms with van der Waals surface area (Å²) >= 11 is 3.32. The highest BCUT2D eigenvalue weighted by Crippen LogP contribution is 2.36. The Balaban J connectivity index is 0.000000117. The summed E-state index contributed by atoms with van der Waals surface area (Å²) in [6.45, 7) is 0. The number of hydrogen-bond donors (Lipinski definition) is 7. The maximum absolute atomic E-state index is 11.5. The first kappa shape index (κ1) is 35.0. The number of rotatable bonds is 6. The Hall–Kier alpha value is -6.05. The van der Waals surface area contributed by atoms with Gasteiger partial charge in [-0.15, -0.1) is 0 Å². The van der Waals surface area contributed by atoms with E-state index in [1.54, 1.807) is 22.7 Å². The second-order valence-electron chi connectivity index (χ2n) is 13.1. The molecule has 0 aliphatic carbocycles. The number of fused-ring (bicyclic) bond motifs is 7. The largest absolute Gasteiger partial charge is 0.480 e. The van der Waals surface area contributed by atoms with Gasteiger partial charge in [-0.2, -0.15) is 22.7 Å². The maximum Gasteiger partial charge on any atom is 0.321 e. The smallest absolute Gasteiger partial charge is 0.321 e. The molecule has 0 fully saturated rings. The molecule has 8 N–H and O–H groups in total. The molecule has 10 rings (SSSR count). The highest BCUT2D eigenvalue weighted by Gasteiger charge is 2.33. The van der Waals surface area contributed by atoms with Gasteiger partial charge in [0.15, 0.2) is 0 Å². The lowest BCUT2D eigenvalue weighted by Gasteiger charge is -2.28. The van der Waals surface area contributed by atoms with Gasteiger partial charge >= 0.3 is 11.9 Å². The van der Waals surface area contributed by atoms with Gasteiger partial charge in [-0.1, -0.05) is 54.6 Å². The van der Waals surface area contributed by atoms with Crippen molar-refractivity contribution in [1.82, 2.24) is 25.3 Å². The average Bonchev–Trinajstić information content (AvgIpc) is 4.05. The summed E-state index contributed by atoms with van der Waals surface area (Å²) in [5.41, 5.74) is 16.3. The average molecular weight is 753 g/mol. The zero-order chi connectivity index (χ0) is 37.2. The first-order valence-corrected chi connectivity index (χ1v) is 19.3. The zero-order valence-electron chi connectivity index (χ0n) is 28.8. The number of thiophene rings is 2. The molecule has 0 bridgehead atoms. The van der Waals surface area contributed by atoms with Gasteiger partial charge in [0.05, 0.1) is 17.3 Å². The third-order valence-electron chi connectivity index (χ3n) is 9.74. The molecule has 3 aromatic carbocycles. The van der Waals surface area contributed by atoms with E-state index in [2.05, 4.69) is 83.9 Å². The molecule has 1 aliphatic rings. The molecule has 0 radical (unpaired) electrons. The fourth-order valence-corrected chi connectivity index (χ4v) is 8.44. The van der Waals surface area contributed by atoms with Crippen LogP contribution in [-0.4, -0.2) is 54.2 Å². The number of carboxylic acid groups (broad SMARTS) is 2. The summed E-state index contributed by atoms with van der Waals surface area (Å²) in [4.78, 5) is 36.6. The van der Waals surface area contributed by atoms with E-state index in [1.807, 2.05) is 66.3 Å². The number of carboxylic acids is 2. The van der Waals surface area contributed by atoms with Crippen molar-refractivity contribution in [3.8, 4) is 11.3 Å². The van der Waals surface area contributed by atoms with Crippen molar-refractivity contribution in [3.63, 3.8) is 0 Å². The Morgan fingerprint density at radius 1 is 0.796 bits per heavy atom. The Morgan fingerprint density at radius 3 is 2.19 bits per heavy atom. The van der Waals surface area contributed by atoms with E-state index >= 15 is 0 Å². The number of aromatic amines is 3. The summed E-state index contributed by atoms with van der Waals surface area (Å²) in [6.07, 6.45) is 4.55. The topological polar surface area (TPSA) is 173 Å². The molecular formula is C42H36N6O4S2. The molecular weight excluding hydrogens is 717 g/mol. The molecule has 10 nitrogen and oxygen atoms in total. The number of pyridine rings is 1. The molecule has 0 amide bonds. The van der Waals surface area contributed by atoms with E-state index in [1.165, 1.54) is 16.3 Å². The first-order chi connectivity index (χ1) is 26.4. The number of nitrogens with one attached hydrogen (secondary N) is 4. The van der Waals surface area contributed by atoms with Gasteiger partial charge in [0.2, 0.25) is 0 Å². The summed E-state index contributed by atoms with van der Waals surface area (Å²) < 4.78 is 0. The zero-order valence-corrected chi connectivity index (χ0v) is 30.5. The Labute approximate surface area is 317 Å².